The van der Waals surface area contributed by atoms with Crippen LogP contribution in [0.3, 0.4) is 0 Å². The first-order valence-corrected chi connectivity index (χ1v) is 7.31. The van der Waals surface area contributed by atoms with Gasteiger partial charge in [0.2, 0.25) is 0 Å². The highest BCUT2D eigenvalue weighted by Crippen LogP contribution is 2.10. The Kier molecular flexibility index (Phi) is 6.14. The summed E-state index contributed by atoms with van der Waals surface area (Å²) in [6.45, 7) is 1.00. The first kappa shape index (κ1) is 13.8. The van der Waals surface area contributed by atoms with Gasteiger partial charge in [-0.25, -0.2) is 4.98 Å². The van der Waals surface area contributed by atoms with Gasteiger partial charge in [-0.2, -0.15) is 5.10 Å². The van der Waals surface area contributed by atoms with Gasteiger partial charge in [0, 0.05) is 6.54 Å². The first-order valence-electron chi connectivity index (χ1n) is 7.31. The molecule has 0 N–H and O–H groups in total. The van der Waals surface area contributed by atoms with Crippen molar-refractivity contribution >= 4 is 0 Å². The van der Waals surface area contributed by atoms with Crippen molar-refractivity contribution in [2.24, 2.45) is 0 Å². The fourth-order valence-corrected chi connectivity index (χ4v) is 2.30. The molecule has 0 fully saturated rings. The number of nitrogens with zero attached hydrogens (tertiary/aromatic N) is 3. The lowest BCUT2D eigenvalue weighted by atomic mass is 10.1. The van der Waals surface area contributed by atoms with E-state index >= 15 is 0 Å². The predicted octanol–water partition coefficient (Wildman–Crippen LogP) is 3.86. The maximum atomic E-state index is 4.10. The summed E-state index contributed by atoms with van der Waals surface area (Å²) in [6.07, 6.45) is 12.5. The van der Waals surface area contributed by atoms with Crippen molar-refractivity contribution in [2.45, 2.75) is 51.5 Å². The van der Waals surface area contributed by atoms with E-state index in [2.05, 4.69) is 40.4 Å². The zero-order chi connectivity index (χ0) is 13.2. The summed E-state index contributed by atoms with van der Waals surface area (Å²) >= 11 is 0. The molecule has 3 heteroatoms. The molecule has 0 bridgehead atoms. The Balaban J connectivity index is 1.42. The summed E-state index contributed by atoms with van der Waals surface area (Å²) in [7, 11) is 0. The third-order valence-electron chi connectivity index (χ3n) is 3.41. The Bertz CT molecular complexity index is 423. The molecule has 0 amide bonds. The van der Waals surface area contributed by atoms with Gasteiger partial charge in [-0.15, -0.1) is 0 Å². The van der Waals surface area contributed by atoms with Crippen molar-refractivity contribution in [2.75, 3.05) is 0 Å². The molecule has 0 spiro atoms. The Morgan fingerprint density at radius 2 is 1.58 bits per heavy atom. The van der Waals surface area contributed by atoms with Crippen molar-refractivity contribution in [1.82, 2.24) is 14.8 Å². The van der Waals surface area contributed by atoms with Gasteiger partial charge in [-0.05, 0) is 24.8 Å². The third kappa shape index (κ3) is 5.69. The second kappa shape index (κ2) is 8.46. The van der Waals surface area contributed by atoms with Gasteiger partial charge < -0.3 is 0 Å². The first-order chi connectivity index (χ1) is 9.45. The number of hydrogen-bond donors (Lipinski definition) is 0. The van der Waals surface area contributed by atoms with Crippen molar-refractivity contribution in [3.8, 4) is 0 Å². The van der Waals surface area contributed by atoms with Gasteiger partial charge in [0.15, 0.2) is 0 Å². The third-order valence-corrected chi connectivity index (χ3v) is 3.41. The summed E-state index contributed by atoms with van der Waals surface area (Å²) in [5.74, 6) is 0. The maximum Gasteiger partial charge on any atom is 0.137 e. The molecule has 1 aromatic carbocycles. The van der Waals surface area contributed by atoms with Crippen LogP contribution in [0.1, 0.15) is 44.1 Å². The Morgan fingerprint density at radius 3 is 2.32 bits per heavy atom. The van der Waals surface area contributed by atoms with Gasteiger partial charge in [-0.3, -0.25) is 4.68 Å². The van der Waals surface area contributed by atoms with Crippen molar-refractivity contribution in [3.63, 3.8) is 0 Å². The van der Waals surface area contributed by atoms with Gasteiger partial charge in [-0.1, -0.05) is 56.0 Å². The summed E-state index contributed by atoms with van der Waals surface area (Å²) < 4.78 is 1.91. The van der Waals surface area contributed by atoms with Crippen LogP contribution in [-0.4, -0.2) is 14.8 Å². The van der Waals surface area contributed by atoms with E-state index in [1.807, 2.05) is 4.68 Å². The summed E-state index contributed by atoms with van der Waals surface area (Å²) in [6, 6.07) is 10.8. The number of hydrogen-bond acceptors (Lipinski definition) is 2. The van der Waals surface area contributed by atoms with Crippen LogP contribution < -0.4 is 0 Å². The van der Waals surface area contributed by atoms with E-state index in [9.17, 15) is 0 Å². The second-order valence-electron chi connectivity index (χ2n) is 5.02. The molecule has 3 nitrogen and oxygen atoms in total. The number of rotatable bonds is 9. The van der Waals surface area contributed by atoms with Crippen LogP contribution in [0.5, 0.6) is 0 Å². The Hall–Kier alpha value is -1.64. The number of benzene rings is 1. The zero-order valence-electron chi connectivity index (χ0n) is 11.5. The van der Waals surface area contributed by atoms with Crippen LogP contribution in [0.15, 0.2) is 43.0 Å². The molecule has 19 heavy (non-hydrogen) atoms. The van der Waals surface area contributed by atoms with E-state index in [1.54, 1.807) is 12.7 Å². The molecule has 1 aromatic heterocycles. The van der Waals surface area contributed by atoms with Crippen LogP contribution in [0.2, 0.25) is 0 Å². The van der Waals surface area contributed by atoms with Crippen LogP contribution in [-0.2, 0) is 13.0 Å². The molecule has 0 aliphatic rings. The lowest BCUT2D eigenvalue weighted by Crippen LogP contribution is -1.97. The molecule has 0 radical (unpaired) electrons. The molecule has 2 aromatic rings. The largest absolute Gasteiger partial charge is 0.253 e. The predicted molar refractivity (Wildman–Crippen MR) is 77.9 cm³/mol. The number of aromatic nitrogens is 3. The highest BCUT2D eigenvalue weighted by Gasteiger charge is 1.95. The van der Waals surface area contributed by atoms with Gasteiger partial charge in [0.25, 0.3) is 0 Å². The number of unbranched alkanes of at least 4 members (excludes halogenated alkanes) is 5. The monoisotopic (exact) mass is 257 g/mol. The molecule has 0 aliphatic heterocycles. The van der Waals surface area contributed by atoms with Crippen molar-refractivity contribution in [3.05, 3.63) is 48.5 Å². The lowest BCUT2D eigenvalue weighted by molar-refractivity contribution is 0.523. The van der Waals surface area contributed by atoms with Crippen LogP contribution in [0.25, 0.3) is 0 Å². The molecular formula is C16H23N3. The van der Waals surface area contributed by atoms with Crippen molar-refractivity contribution < 1.29 is 0 Å². The van der Waals surface area contributed by atoms with Gasteiger partial charge in [0.05, 0.1) is 0 Å². The molecule has 0 unspecified atom stereocenters. The topological polar surface area (TPSA) is 30.7 Å². The molecule has 0 atom stereocenters. The Morgan fingerprint density at radius 1 is 0.842 bits per heavy atom. The molecule has 0 aliphatic carbocycles. The molecule has 1 heterocycles. The highest BCUT2D eigenvalue weighted by atomic mass is 15.3. The SMILES string of the molecule is c1ccc(CCCCCCCCn2cncn2)cc1. The molecular weight excluding hydrogens is 234 g/mol. The van der Waals surface area contributed by atoms with E-state index in [4.69, 9.17) is 0 Å². The fraction of sp³-hybridized carbons (Fsp3) is 0.500. The standard InChI is InChI=1S/C16H23N3/c1(2-4-9-13-19-15-17-14-18-19)3-6-10-16-11-7-5-8-12-16/h5,7-8,11-12,14-15H,1-4,6,9-10,13H2. The second-order valence-corrected chi connectivity index (χ2v) is 5.02. The molecule has 0 saturated carbocycles. The smallest absolute Gasteiger partial charge is 0.137 e. The minimum atomic E-state index is 1.00. The molecule has 102 valence electrons. The average Bonchev–Trinajstić information content (AvgIpc) is 2.96. The summed E-state index contributed by atoms with van der Waals surface area (Å²) in [5.41, 5.74) is 1.47. The normalized spacial score (nSPS) is 10.7. The average molecular weight is 257 g/mol. The maximum absolute atomic E-state index is 4.10. The van der Waals surface area contributed by atoms with E-state index in [-0.39, 0.29) is 0 Å². The van der Waals surface area contributed by atoms with Crippen LogP contribution >= 0.6 is 0 Å². The highest BCUT2D eigenvalue weighted by molar-refractivity contribution is 5.14. The zero-order valence-corrected chi connectivity index (χ0v) is 11.5. The Labute approximate surface area is 115 Å². The van der Waals surface area contributed by atoms with Crippen LogP contribution in [0, 0.1) is 0 Å². The van der Waals surface area contributed by atoms with Crippen molar-refractivity contribution in [1.29, 1.82) is 0 Å². The van der Waals surface area contributed by atoms with E-state index in [1.165, 1.54) is 50.5 Å². The van der Waals surface area contributed by atoms with E-state index in [0.29, 0.717) is 0 Å². The minimum Gasteiger partial charge on any atom is -0.253 e. The van der Waals surface area contributed by atoms with Crippen LogP contribution in [0.4, 0.5) is 0 Å². The minimum absolute atomic E-state index is 1.00. The summed E-state index contributed by atoms with van der Waals surface area (Å²) in [5, 5.41) is 4.10. The van der Waals surface area contributed by atoms with E-state index < -0.39 is 0 Å². The molecule has 0 saturated heterocycles. The quantitative estimate of drug-likeness (QED) is 0.639. The fourth-order valence-electron chi connectivity index (χ4n) is 2.30. The van der Waals surface area contributed by atoms with Gasteiger partial charge in [0.1, 0.15) is 12.7 Å². The van der Waals surface area contributed by atoms with Gasteiger partial charge >= 0.3 is 0 Å². The number of aryl methyl sites for hydroxylation is 2. The van der Waals surface area contributed by atoms with E-state index in [0.717, 1.165) is 6.54 Å². The lowest BCUT2D eigenvalue weighted by Gasteiger charge is -2.03. The summed E-state index contributed by atoms with van der Waals surface area (Å²) in [4.78, 5) is 3.94. The molecule has 2 rings (SSSR count).